The standard InChI is InChI=1S/C27H31N5O3/c1-21-26(20-30-13-15-34-16-14-30)35-27(29-21)31(19-23-5-3-6-25(17-23)33-2)18-22-7-9-24(10-8-22)32-12-4-11-28-32/h3-12,17H,13-16,18-20H2,1-2H3. The molecule has 1 aliphatic rings. The van der Waals surface area contributed by atoms with E-state index in [9.17, 15) is 0 Å². The second-order valence-corrected chi connectivity index (χ2v) is 8.72. The minimum absolute atomic E-state index is 0.629. The molecule has 0 atom stereocenters. The second kappa shape index (κ2) is 10.8. The Kier molecular flexibility index (Phi) is 7.11. The van der Waals surface area contributed by atoms with E-state index in [2.05, 4.69) is 51.3 Å². The fraction of sp³-hybridized carbons (Fsp3) is 0.333. The third-order valence-electron chi connectivity index (χ3n) is 6.21. The van der Waals surface area contributed by atoms with Crippen LogP contribution in [0.25, 0.3) is 5.69 Å². The molecule has 0 N–H and O–H groups in total. The van der Waals surface area contributed by atoms with Gasteiger partial charge in [0.2, 0.25) is 0 Å². The van der Waals surface area contributed by atoms with Crippen molar-refractivity contribution >= 4 is 6.01 Å². The average Bonchev–Trinajstić information content (AvgIpc) is 3.55. The lowest BCUT2D eigenvalue weighted by atomic mass is 10.1. The molecule has 4 aromatic rings. The van der Waals surface area contributed by atoms with Gasteiger partial charge >= 0.3 is 0 Å². The van der Waals surface area contributed by atoms with E-state index >= 15 is 0 Å². The number of hydrogen-bond donors (Lipinski definition) is 0. The minimum atomic E-state index is 0.629. The molecule has 0 unspecified atom stereocenters. The highest BCUT2D eigenvalue weighted by molar-refractivity contribution is 5.39. The molecule has 1 saturated heterocycles. The van der Waals surface area contributed by atoms with E-state index in [0.29, 0.717) is 19.1 Å². The molecule has 0 radical (unpaired) electrons. The van der Waals surface area contributed by atoms with E-state index < -0.39 is 0 Å². The van der Waals surface area contributed by atoms with Gasteiger partial charge in [0.25, 0.3) is 6.01 Å². The van der Waals surface area contributed by atoms with Gasteiger partial charge in [-0.25, -0.2) is 4.68 Å². The zero-order valence-electron chi connectivity index (χ0n) is 20.3. The first-order valence-electron chi connectivity index (χ1n) is 11.9. The number of anilines is 1. The maximum atomic E-state index is 6.35. The van der Waals surface area contributed by atoms with Gasteiger partial charge in [-0.1, -0.05) is 24.3 Å². The molecule has 2 aromatic heterocycles. The van der Waals surface area contributed by atoms with Crippen molar-refractivity contribution in [2.24, 2.45) is 0 Å². The van der Waals surface area contributed by atoms with Crippen molar-refractivity contribution in [3.8, 4) is 11.4 Å². The number of benzene rings is 2. The SMILES string of the molecule is COc1cccc(CN(Cc2ccc(-n3cccn3)cc2)c2nc(C)c(CN3CCOCC3)o2)c1. The number of methoxy groups -OCH3 is 1. The van der Waals surface area contributed by atoms with Crippen molar-refractivity contribution < 1.29 is 13.9 Å². The first-order chi connectivity index (χ1) is 17.2. The topological polar surface area (TPSA) is 68.8 Å². The lowest BCUT2D eigenvalue weighted by molar-refractivity contribution is 0.0313. The molecule has 8 nitrogen and oxygen atoms in total. The van der Waals surface area contributed by atoms with Crippen LogP contribution in [0.1, 0.15) is 22.6 Å². The van der Waals surface area contributed by atoms with Crippen LogP contribution in [-0.4, -0.2) is 53.1 Å². The summed E-state index contributed by atoms with van der Waals surface area (Å²) in [6, 6.07) is 19.1. The summed E-state index contributed by atoms with van der Waals surface area (Å²) in [6.45, 7) is 7.41. The molecular weight excluding hydrogens is 442 g/mol. The number of nitrogens with zero attached hydrogens (tertiary/aromatic N) is 5. The number of morpholine rings is 1. The molecule has 182 valence electrons. The van der Waals surface area contributed by atoms with Gasteiger partial charge in [0.1, 0.15) is 11.5 Å². The van der Waals surface area contributed by atoms with Gasteiger partial charge in [-0.2, -0.15) is 10.1 Å². The van der Waals surface area contributed by atoms with Crippen LogP contribution in [0.15, 0.2) is 71.4 Å². The van der Waals surface area contributed by atoms with Gasteiger partial charge in [0.15, 0.2) is 0 Å². The van der Waals surface area contributed by atoms with E-state index in [1.54, 1.807) is 13.3 Å². The predicted molar refractivity (Wildman–Crippen MR) is 134 cm³/mol. The molecule has 0 amide bonds. The molecule has 1 fully saturated rings. The number of rotatable bonds is 9. The molecule has 0 bridgehead atoms. The van der Waals surface area contributed by atoms with E-state index in [0.717, 1.165) is 66.9 Å². The molecule has 35 heavy (non-hydrogen) atoms. The van der Waals surface area contributed by atoms with Crippen LogP contribution in [0.4, 0.5) is 6.01 Å². The Morgan fingerprint density at radius 2 is 1.80 bits per heavy atom. The Bertz CT molecular complexity index is 1210. The molecule has 1 aliphatic heterocycles. The molecule has 2 aromatic carbocycles. The van der Waals surface area contributed by atoms with Crippen LogP contribution in [0, 0.1) is 6.92 Å². The summed E-state index contributed by atoms with van der Waals surface area (Å²) in [6.07, 6.45) is 3.72. The highest BCUT2D eigenvalue weighted by Crippen LogP contribution is 2.25. The maximum Gasteiger partial charge on any atom is 0.298 e. The molecule has 0 spiro atoms. The number of aromatic nitrogens is 3. The number of hydrogen-bond acceptors (Lipinski definition) is 7. The minimum Gasteiger partial charge on any atom is -0.497 e. The Morgan fingerprint density at radius 1 is 1.00 bits per heavy atom. The summed E-state index contributed by atoms with van der Waals surface area (Å²) in [5.74, 6) is 1.74. The van der Waals surface area contributed by atoms with Gasteiger partial charge in [-0.05, 0) is 48.4 Å². The van der Waals surface area contributed by atoms with E-state index in [1.807, 2.05) is 36.0 Å². The Labute approximate surface area is 205 Å². The monoisotopic (exact) mass is 473 g/mol. The van der Waals surface area contributed by atoms with Crippen molar-refractivity contribution in [3.05, 3.63) is 89.6 Å². The molecular formula is C27H31N5O3. The van der Waals surface area contributed by atoms with Gasteiger partial charge in [0, 0.05) is 38.6 Å². The van der Waals surface area contributed by atoms with Crippen molar-refractivity contribution in [2.45, 2.75) is 26.6 Å². The van der Waals surface area contributed by atoms with Gasteiger partial charge in [-0.3, -0.25) is 4.90 Å². The van der Waals surface area contributed by atoms with Crippen LogP contribution in [0.3, 0.4) is 0 Å². The fourth-order valence-electron chi connectivity index (χ4n) is 4.24. The first-order valence-corrected chi connectivity index (χ1v) is 11.9. The molecule has 3 heterocycles. The van der Waals surface area contributed by atoms with Crippen molar-refractivity contribution in [1.29, 1.82) is 0 Å². The van der Waals surface area contributed by atoms with Crippen molar-refractivity contribution in [2.75, 3.05) is 38.3 Å². The molecule has 8 heteroatoms. The Morgan fingerprint density at radius 3 is 2.54 bits per heavy atom. The van der Waals surface area contributed by atoms with E-state index in [1.165, 1.54) is 0 Å². The third kappa shape index (κ3) is 5.72. The van der Waals surface area contributed by atoms with Gasteiger partial charge in [0.05, 0.1) is 38.2 Å². The third-order valence-corrected chi connectivity index (χ3v) is 6.21. The summed E-state index contributed by atoms with van der Waals surface area (Å²) in [5, 5.41) is 4.31. The highest BCUT2D eigenvalue weighted by atomic mass is 16.5. The largest absolute Gasteiger partial charge is 0.497 e. The maximum absolute atomic E-state index is 6.35. The average molecular weight is 474 g/mol. The van der Waals surface area contributed by atoms with Crippen molar-refractivity contribution in [1.82, 2.24) is 19.7 Å². The van der Waals surface area contributed by atoms with Gasteiger partial charge < -0.3 is 18.8 Å². The van der Waals surface area contributed by atoms with Crippen LogP contribution in [0.2, 0.25) is 0 Å². The number of ether oxygens (including phenoxy) is 2. The second-order valence-electron chi connectivity index (χ2n) is 8.72. The normalized spacial score (nSPS) is 14.2. The van der Waals surface area contributed by atoms with E-state index in [-0.39, 0.29) is 0 Å². The summed E-state index contributed by atoms with van der Waals surface area (Å²) in [5.41, 5.74) is 4.24. The van der Waals surface area contributed by atoms with Crippen molar-refractivity contribution in [3.63, 3.8) is 0 Å². The highest BCUT2D eigenvalue weighted by Gasteiger charge is 2.20. The first kappa shape index (κ1) is 23.1. The molecule has 0 aliphatic carbocycles. The quantitative estimate of drug-likeness (QED) is 0.361. The zero-order valence-corrected chi connectivity index (χ0v) is 20.3. The van der Waals surface area contributed by atoms with Crippen LogP contribution in [-0.2, 0) is 24.4 Å². The fourth-order valence-corrected chi connectivity index (χ4v) is 4.24. The predicted octanol–water partition coefficient (Wildman–Crippen LogP) is 4.22. The Hall–Kier alpha value is -3.62. The number of aryl methyl sites for hydroxylation is 1. The molecule has 5 rings (SSSR count). The Balaban J connectivity index is 1.39. The molecule has 0 saturated carbocycles. The summed E-state index contributed by atoms with van der Waals surface area (Å²) in [7, 11) is 1.69. The van der Waals surface area contributed by atoms with E-state index in [4.69, 9.17) is 18.9 Å². The summed E-state index contributed by atoms with van der Waals surface area (Å²) < 4.78 is 19.1. The number of oxazole rings is 1. The van der Waals surface area contributed by atoms with Crippen LogP contribution < -0.4 is 9.64 Å². The lowest BCUT2D eigenvalue weighted by Crippen LogP contribution is -2.35. The lowest BCUT2D eigenvalue weighted by Gasteiger charge is -2.25. The van der Waals surface area contributed by atoms with Crippen LogP contribution >= 0.6 is 0 Å². The smallest absolute Gasteiger partial charge is 0.298 e. The van der Waals surface area contributed by atoms with Gasteiger partial charge in [-0.15, -0.1) is 0 Å². The summed E-state index contributed by atoms with van der Waals surface area (Å²) in [4.78, 5) is 9.35. The zero-order chi connectivity index (χ0) is 24.0. The summed E-state index contributed by atoms with van der Waals surface area (Å²) >= 11 is 0. The van der Waals surface area contributed by atoms with Crippen LogP contribution in [0.5, 0.6) is 5.75 Å².